The molecular weight excluding hydrogens is 348 g/mol. The molecule has 0 bridgehead atoms. The third-order valence-corrected chi connectivity index (χ3v) is 4.24. The van der Waals surface area contributed by atoms with Gasteiger partial charge in [0.1, 0.15) is 0 Å². The number of hydrogen-bond acceptors (Lipinski definition) is 3. The highest BCUT2D eigenvalue weighted by molar-refractivity contribution is 9.10. The van der Waals surface area contributed by atoms with Gasteiger partial charge in [-0.1, -0.05) is 46.3 Å². The van der Waals surface area contributed by atoms with Crippen molar-refractivity contribution in [1.82, 2.24) is 5.32 Å². The maximum Gasteiger partial charge on any atom is 0.264 e. The Morgan fingerprint density at radius 2 is 1.76 bits per heavy atom. The van der Waals surface area contributed by atoms with Crippen LogP contribution >= 0.6 is 27.7 Å². The van der Waals surface area contributed by atoms with Crippen LogP contribution < -0.4 is 5.32 Å². The Morgan fingerprint density at radius 1 is 1.05 bits per heavy atom. The molecule has 1 amide bonds. The van der Waals surface area contributed by atoms with Crippen LogP contribution in [0.4, 0.5) is 5.69 Å². The van der Waals surface area contributed by atoms with Crippen LogP contribution in [-0.4, -0.2) is 11.1 Å². The molecule has 1 N–H and O–H groups in total. The summed E-state index contributed by atoms with van der Waals surface area (Å²) in [6.45, 7) is 0. The largest absolute Gasteiger partial charge is 0.300 e. The first kappa shape index (κ1) is 14.1. The number of nitrogens with zero attached hydrogens (tertiary/aromatic N) is 1. The normalized spacial score (nSPS) is 18.2. The van der Waals surface area contributed by atoms with E-state index < -0.39 is 0 Å². The number of aliphatic imine (C=N–C) groups is 1. The zero-order valence-electron chi connectivity index (χ0n) is 10.9. The highest BCUT2D eigenvalue weighted by atomic mass is 79.9. The van der Waals surface area contributed by atoms with E-state index in [0.29, 0.717) is 10.1 Å². The number of nitrogens with one attached hydrogen (secondary N) is 1. The molecule has 1 fully saturated rings. The number of carbonyl (C=O) groups excluding carboxylic acids is 1. The SMILES string of the molecule is O=C1NC(=Nc2ccc(Br)cc2)S/C1=C/c1ccccc1. The summed E-state index contributed by atoms with van der Waals surface area (Å²) in [5.74, 6) is -0.111. The van der Waals surface area contributed by atoms with Crippen molar-refractivity contribution >= 4 is 50.5 Å². The fourth-order valence-corrected chi connectivity index (χ4v) is 2.92. The van der Waals surface area contributed by atoms with Crippen molar-refractivity contribution in [3.8, 4) is 0 Å². The average molecular weight is 359 g/mol. The molecule has 0 unspecified atom stereocenters. The van der Waals surface area contributed by atoms with Crippen molar-refractivity contribution in [2.45, 2.75) is 0 Å². The minimum Gasteiger partial charge on any atom is -0.300 e. The first-order valence-electron chi connectivity index (χ1n) is 6.31. The molecule has 104 valence electrons. The Hall–Kier alpha value is -1.85. The molecule has 0 saturated carbocycles. The Kier molecular flexibility index (Phi) is 4.22. The number of amidine groups is 1. The Bertz CT molecular complexity index is 724. The molecule has 0 aromatic heterocycles. The number of halogens is 1. The molecular formula is C16H11BrN2OS. The summed E-state index contributed by atoms with van der Waals surface area (Å²) in [7, 11) is 0. The number of benzene rings is 2. The maximum absolute atomic E-state index is 11.9. The van der Waals surface area contributed by atoms with E-state index in [9.17, 15) is 4.79 Å². The molecule has 1 aliphatic heterocycles. The Morgan fingerprint density at radius 3 is 2.48 bits per heavy atom. The molecule has 1 saturated heterocycles. The van der Waals surface area contributed by atoms with Gasteiger partial charge in [0.25, 0.3) is 5.91 Å². The number of thioether (sulfide) groups is 1. The lowest BCUT2D eigenvalue weighted by molar-refractivity contribution is -0.115. The number of amides is 1. The molecule has 3 nitrogen and oxygen atoms in total. The lowest BCUT2D eigenvalue weighted by atomic mass is 10.2. The van der Waals surface area contributed by atoms with Gasteiger partial charge in [0.05, 0.1) is 10.6 Å². The Labute approximate surface area is 135 Å². The van der Waals surface area contributed by atoms with Crippen LogP contribution in [0.3, 0.4) is 0 Å². The van der Waals surface area contributed by atoms with Gasteiger partial charge >= 0.3 is 0 Å². The standard InChI is InChI=1S/C16H11BrN2OS/c17-12-6-8-13(9-7-12)18-16-19-15(20)14(21-16)10-11-4-2-1-3-5-11/h1-10H,(H,18,19,20)/b14-10+. The predicted molar refractivity (Wildman–Crippen MR) is 91.4 cm³/mol. The van der Waals surface area contributed by atoms with Gasteiger partial charge in [-0.05, 0) is 47.7 Å². The summed E-state index contributed by atoms with van der Waals surface area (Å²) < 4.78 is 0.999. The summed E-state index contributed by atoms with van der Waals surface area (Å²) in [6.07, 6.45) is 1.87. The van der Waals surface area contributed by atoms with Crippen molar-refractivity contribution in [2.75, 3.05) is 0 Å². The van der Waals surface area contributed by atoms with Gasteiger partial charge in [-0.25, -0.2) is 4.99 Å². The van der Waals surface area contributed by atoms with Crippen molar-refractivity contribution in [1.29, 1.82) is 0 Å². The molecule has 5 heteroatoms. The van der Waals surface area contributed by atoms with Crippen molar-refractivity contribution in [3.05, 3.63) is 69.5 Å². The van der Waals surface area contributed by atoms with E-state index in [4.69, 9.17) is 0 Å². The molecule has 0 atom stereocenters. The highest BCUT2D eigenvalue weighted by Gasteiger charge is 2.23. The summed E-state index contributed by atoms with van der Waals surface area (Å²) >= 11 is 4.73. The van der Waals surface area contributed by atoms with Gasteiger partial charge in [-0.15, -0.1) is 0 Å². The maximum atomic E-state index is 11.9. The smallest absolute Gasteiger partial charge is 0.264 e. The number of carbonyl (C=O) groups is 1. The Balaban J connectivity index is 1.81. The molecule has 3 rings (SSSR count). The van der Waals surface area contributed by atoms with Crippen LogP contribution in [0.15, 0.2) is 69.0 Å². The first-order chi connectivity index (χ1) is 10.2. The van der Waals surface area contributed by atoms with Gasteiger partial charge in [0, 0.05) is 4.47 Å². The second-order valence-corrected chi connectivity index (χ2v) is 6.32. The molecule has 1 heterocycles. The zero-order valence-corrected chi connectivity index (χ0v) is 13.3. The topological polar surface area (TPSA) is 41.5 Å². The quantitative estimate of drug-likeness (QED) is 0.811. The van der Waals surface area contributed by atoms with E-state index in [1.165, 1.54) is 11.8 Å². The molecule has 2 aromatic rings. The lowest BCUT2D eigenvalue weighted by Crippen LogP contribution is -2.19. The molecule has 0 radical (unpaired) electrons. The fraction of sp³-hybridized carbons (Fsp3) is 0. The summed E-state index contributed by atoms with van der Waals surface area (Å²) in [5, 5.41) is 3.38. The monoisotopic (exact) mass is 358 g/mol. The van der Waals surface area contributed by atoms with Gasteiger partial charge < -0.3 is 5.32 Å². The van der Waals surface area contributed by atoms with Gasteiger partial charge in [0.15, 0.2) is 5.17 Å². The predicted octanol–water partition coefficient (Wildman–Crippen LogP) is 4.34. The van der Waals surface area contributed by atoms with E-state index in [2.05, 4.69) is 26.2 Å². The van der Waals surface area contributed by atoms with Crippen LogP contribution in [0.25, 0.3) is 6.08 Å². The number of hydrogen-bond donors (Lipinski definition) is 1. The average Bonchev–Trinajstić information content (AvgIpc) is 2.82. The van der Waals surface area contributed by atoms with E-state index in [0.717, 1.165) is 15.7 Å². The third kappa shape index (κ3) is 3.62. The zero-order chi connectivity index (χ0) is 14.7. The van der Waals surface area contributed by atoms with Crippen LogP contribution in [0.5, 0.6) is 0 Å². The van der Waals surface area contributed by atoms with Crippen LogP contribution in [0.1, 0.15) is 5.56 Å². The second kappa shape index (κ2) is 6.28. The fourth-order valence-electron chi connectivity index (χ4n) is 1.81. The van der Waals surface area contributed by atoms with E-state index in [-0.39, 0.29) is 5.91 Å². The minimum atomic E-state index is -0.111. The molecule has 0 spiro atoms. The summed E-state index contributed by atoms with van der Waals surface area (Å²) in [4.78, 5) is 17.0. The molecule has 0 aliphatic carbocycles. The van der Waals surface area contributed by atoms with Gasteiger partial charge in [-0.2, -0.15) is 0 Å². The van der Waals surface area contributed by atoms with E-state index in [1.54, 1.807) is 0 Å². The lowest BCUT2D eigenvalue weighted by Gasteiger charge is -1.96. The van der Waals surface area contributed by atoms with Crippen molar-refractivity contribution < 1.29 is 4.79 Å². The van der Waals surface area contributed by atoms with Crippen LogP contribution in [-0.2, 0) is 4.79 Å². The second-order valence-electron chi connectivity index (χ2n) is 4.37. The van der Waals surface area contributed by atoms with E-state index in [1.807, 2.05) is 60.7 Å². The van der Waals surface area contributed by atoms with Gasteiger partial charge in [0.2, 0.25) is 0 Å². The third-order valence-electron chi connectivity index (χ3n) is 2.81. The van der Waals surface area contributed by atoms with E-state index >= 15 is 0 Å². The van der Waals surface area contributed by atoms with Gasteiger partial charge in [-0.3, -0.25) is 4.79 Å². The number of rotatable bonds is 2. The summed E-state index contributed by atoms with van der Waals surface area (Å²) in [6, 6.07) is 17.4. The van der Waals surface area contributed by atoms with Crippen molar-refractivity contribution in [3.63, 3.8) is 0 Å². The summed E-state index contributed by atoms with van der Waals surface area (Å²) in [5.41, 5.74) is 1.81. The highest BCUT2D eigenvalue weighted by Crippen LogP contribution is 2.28. The molecule has 2 aromatic carbocycles. The van der Waals surface area contributed by atoms with Crippen LogP contribution in [0.2, 0.25) is 0 Å². The minimum absolute atomic E-state index is 0.111. The molecule has 21 heavy (non-hydrogen) atoms. The van der Waals surface area contributed by atoms with Crippen molar-refractivity contribution in [2.24, 2.45) is 4.99 Å². The molecule has 1 aliphatic rings. The first-order valence-corrected chi connectivity index (χ1v) is 7.92. The van der Waals surface area contributed by atoms with Crippen LogP contribution in [0, 0.1) is 0 Å².